The van der Waals surface area contributed by atoms with Crippen LogP contribution in [0.4, 0.5) is 0 Å². The van der Waals surface area contributed by atoms with E-state index in [1.807, 2.05) is 11.8 Å². The maximum absolute atomic E-state index is 12.1. The zero-order valence-electron chi connectivity index (χ0n) is 10.8. The number of piperidine rings is 1. The van der Waals surface area contributed by atoms with Crippen molar-refractivity contribution in [1.82, 2.24) is 9.80 Å². The summed E-state index contributed by atoms with van der Waals surface area (Å²) in [6.07, 6.45) is 2.11. The predicted molar refractivity (Wildman–Crippen MR) is 72.0 cm³/mol. The van der Waals surface area contributed by atoms with Crippen molar-refractivity contribution in [2.75, 3.05) is 31.3 Å². The highest BCUT2D eigenvalue weighted by Crippen LogP contribution is 2.20. The first-order chi connectivity index (χ1) is 8.58. The summed E-state index contributed by atoms with van der Waals surface area (Å²) in [5.41, 5.74) is 5.91. The van der Waals surface area contributed by atoms with Crippen molar-refractivity contribution < 1.29 is 9.59 Å². The predicted octanol–water partition coefficient (Wildman–Crippen LogP) is 0.105. The molecule has 0 aromatic heterocycles. The lowest BCUT2D eigenvalue weighted by Crippen LogP contribution is -2.48. The average molecular weight is 271 g/mol. The summed E-state index contributed by atoms with van der Waals surface area (Å²) in [6, 6.07) is 0.129. The van der Waals surface area contributed by atoms with Gasteiger partial charge in [0.2, 0.25) is 11.8 Å². The first kappa shape index (κ1) is 13.7. The van der Waals surface area contributed by atoms with Crippen LogP contribution in [0, 0.1) is 5.92 Å². The Kier molecular flexibility index (Phi) is 4.50. The fraction of sp³-hybridized carbons (Fsp3) is 0.833. The lowest BCUT2D eigenvalue weighted by atomic mass is 9.92. The Hall–Kier alpha value is -0.750. The third-order valence-electron chi connectivity index (χ3n) is 3.71. The SMILES string of the molecule is CC(N)C1CCCN(C(=O)CN2CSCC2=O)C1. The number of carbonyl (C=O) groups is 2. The second-order valence-corrected chi connectivity index (χ2v) is 6.13. The Balaban J connectivity index is 1.86. The van der Waals surface area contributed by atoms with E-state index in [-0.39, 0.29) is 24.4 Å². The highest BCUT2D eigenvalue weighted by atomic mass is 32.2. The average Bonchev–Trinajstić information content (AvgIpc) is 2.75. The number of hydrogen-bond donors (Lipinski definition) is 1. The number of likely N-dealkylation sites (tertiary alicyclic amines) is 1. The molecule has 0 aromatic carbocycles. The first-order valence-corrected chi connectivity index (χ1v) is 7.62. The third kappa shape index (κ3) is 3.17. The molecule has 2 heterocycles. The lowest BCUT2D eigenvalue weighted by molar-refractivity contribution is -0.139. The van der Waals surface area contributed by atoms with Gasteiger partial charge in [0, 0.05) is 19.1 Å². The monoisotopic (exact) mass is 271 g/mol. The van der Waals surface area contributed by atoms with Crippen LogP contribution in [0.3, 0.4) is 0 Å². The number of carbonyl (C=O) groups excluding carboxylic acids is 2. The molecule has 0 aliphatic carbocycles. The van der Waals surface area contributed by atoms with Gasteiger partial charge in [-0.2, -0.15) is 0 Å². The van der Waals surface area contributed by atoms with Gasteiger partial charge in [-0.1, -0.05) is 0 Å². The fourth-order valence-corrected chi connectivity index (χ4v) is 3.37. The molecular formula is C12H21N3O2S. The fourth-order valence-electron chi connectivity index (χ4n) is 2.47. The molecule has 0 aromatic rings. The molecule has 2 atom stereocenters. The topological polar surface area (TPSA) is 66.6 Å². The van der Waals surface area contributed by atoms with Gasteiger partial charge in [-0.15, -0.1) is 11.8 Å². The Morgan fingerprint density at radius 1 is 1.61 bits per heavy atom. The molecule has 0 spiro atoms. The van der Waals surface area contributed by atoms with Crippen molar-refractivity contribution in [3.8, 4) is 0 Å². The quantitative estimate of drug-likeness (QED) is 0.791. The zero-order valence-corrected chi connectivity index (χ0v) is 11.6. The van der Waals surface area contributed by atoms with E-state index in [9.17, 15) is 9.59 Å². The van der Waals surface area contributed by atoms with Gasteiger partial charge in [-0.05, 0) is 25.7 Å². The Bertz CT molecular complexity index is 335. The van der Waals surface area contributed by atoms with Crippen molar-refractivity contribution in [1.29, 1.82) is 0 Å². The van der Waals surface area contributed by atoms with Gasteiger partial charge in [0.1, 0.15) is 6.54 Å². The molecule has 5 nitrogen and oxygen atoms in total. The van der Waals surface area contributed by atoms with Crippen LogP contribution in [-0.4, -0.2) is 58.9 Å². The number of nitrogens with two attached hydrogens (primary N) is 1. The van der Waals surface area contributed by atoms with Gasteiger partial charge >= 0.3 is 0 Å². The lowest BCUT2D eigenvalue weighted by Gasteiger charge is -2.35. The molecule has 2 unspecified atom stereocenters. The molecule has 2 aliphatic rings. The van der Waals surface area contributed by atoms with Crippen molar-refractivity contribution in [3.05, 3.63) is 0 Å². The summed E-state index contributed by atoms with van der Waals surface area (Å²) < 4.78 is 0. The van der Waals surface area contributed by atoms with Crippen LogP contribution < -0.4 is 5.73 Å². The molecule has 2 aliphatic heterocycles. The number of thioether (sulfide) groups is 1. The Labute approximate surface area is 112 Å². The van der Waals surface area contributed by atoms with Crippen LogP contribution in [-0.2, 0) is 9.59 Å². The number of nitrogens with zero attached hydrogens (tertiary/aromatic N) is 2. The van der Waals surface area contributed by atoms with Crippen LogP contribution in [0.25, 0.3) is 0 Å². The molecule has 6 heteroatoms. The number of amides is 2. The smallest absolute Gasteiger partial charge is 0.242 e. The first-order valence-electron chi connectivity index (χ1n) is 6.47. The maximum atomic E-state index is 12.1. The Morgan fingerprint density at radius 2 is 2.39 bits per heavy atom. The van der Waals surface area contributed by atoms with Gasteiger partial charge in [-0.3, -0.25) is 9.59 Å². The largest absolute Gasteiger partial charge is 0.341 e. The standard InChI is InChI=1S/C12H21N3O2S/c1-9(13)10-3-2-4-14(5-10)11(16)6-15-8-18-7-12(15)17/h9-10H,2-8,13H2,1H3. The van der Waals surface area contributed by atoms with Gasteiger partial charge in [0.15, 0.2) is 0 Å². The van der Waals surface area contributed by atoms with Crippen molar-refractivity contribution in [2.45, 2.75) is 25.8 Å². The van der Waals surface area contributed by atoms with Crippen LogP contribution in [0.15, 0.2) is 0 Å². The summed E-state index contributed by atoms with van der Waals surface area (Å²) in [5, 5.41) is 0. The van der Waals surface area contributed by atoms with Gasteiger partial charge < -0.3 is 15.5 Å². The van der Waals surface area contributed by atoms with Crippen molar-refractivity contribution in [3.63, 3.8) is 0 Å². The van der Waals surface area contributed by atoms with E-state index in [0.717, 1.165) is 25.9 Å². The third-order valence-corrected chi connectivity index (χ3v) is 4.65. The molecule has 18 heavy (non-hydrogen) atoms. The minimum absolute atomic E-state index is 0.0659. The molecular weight excluding hydrogens is 250 g/mol. The molecule has 2 N–H and O–H groups in total. The maximum Gasteiger partial charge on any atom is 0.242 e. The van der Waals surface area contributed by atoms with Crippen LogP contribution in [0.1, 0.15) is 19.8 Å². The van der Waals surface area contributed by atoms with Gasteiger partial charge in [0.05, 0.1) is 11.6 Å². The second-order valence-electron chi connectivity index (χ2n) is 5.17. The van der Waals surface area contributed by atoms with Crippen molar-refractivity contribution >= 4 is 23.6 Å². The molecule has 2 amide bonds. The molecule has 102 valence electrons. The van der Waals surface area contributed by atoms with E-state index in [2.05, 4.69) is 0 Å². The Morgan fingerprint density at radius 3 is 3.00 bits per heavy atom. The normalized spacial score (nSPS) is 26.6. The molecule has 2 fully saturated rings. The van der Waals surface area contributed by atoms with E-state index in [1.165, 1.54) is 0 Å². The van der Waals surface area contributed by atoms with Crippen molar-refractivity contribution in [2.24, 2.45) is 11.7 Å². The summed E-state index contributed by atoms with van der Waals surface area (Å²) in [5.74, 6) is 1.70. The van der Waals surface area contributed by atoms with E-state index in [0.29, 0.717) is 17.5 Å². The summed E-state index contributed by atoms with van der Waals surface area (Å²) in [4.78, 5) is 27.1. The molecule has 0 bridgehead atoms. The molecule has 2 rings (SSSR count). The summed E-state index contributed by atoms with van der Waals surface area (Å²) in [6.45, 7) is 3.78. The van der Waals surface area contributed by atoms with Crippen LogP contribution in [0.5, 0.6) is 0 Å². The highest BCUT2D eigenvalue weighted by molar-refractivity contribution is 8.00. The highest BCUT2D eigenvalue weighted by Gasteiger charge is 2.29. The van der Waals surface area contributed by atoms with Crippen LogP contribution >= 0.6 is 11.8 Å². The minimum Gasteiger partial charge on any atom is -0.341 e. The van der Waals surface area contributed by atoms with E-state index >= 15 is 0 Å². The molecule has 0 saturated carbocycles. The van der Waals surface area contributed by atoms with Gasteiger partial charge in [0.25, 0.3) is 0 Å². The van der Waals surface area contributed by atoms with Gasteiger partial charge in [-0.25, -0.2) is 0 Å². The van der Waals surface area contributed by atoms with E-state index < -0.39 is 0 Å². The summed E-state index contributed by atoms with van der Waals surface area (Å²) in [7, 11) is 0. The summed E-state index contributed by atoms with van der Waals surface area (Å²) >= 11 is 1.57. The number of rotatable bonds is 3. The minimum atomic E-state index is 0.0659. The number of hydrogen-bond acceptors (Lipinski definition) is 4. The zero-order chi connectivity index (χ0) is 13.1. The van der Waals surface area contributed by atoms with Crippen LogP contribution in [0.2, 0.25) is 0 Å². The molecule has 2 saturated heterocycles. The van der Waals surface area contributed by atoms with E-state index in [1.54, 1.807) is 16.7 Å². The van der Waals surface area contributed by atoms with E-state index in [4.69, 9.17) is 5.73 Å². The molecule has 0 radical (unpaired) electrons. The second kappa shape index (κ2) is 5.93.